The predicted molar refractivity (Wildman–Crippen MR) is 193 cm³/mol. The van der Waals surface area contributed by atoms with E-state index in [0.717, 1.165) is 0 Å². The average molecular weight is 568 g/mol. The van der Waals surface area contributed by atoms with Gasteiger partial charge in [0.15, 0.2) is 0 Å². The van der Waals surface area contributed by atoms with Crippen molar-refractivity contribution in [3.05, 3.63) is 152 Å². The zero-order valence-corrected chi connectivity index (χ0v) is 24.4. The molecule has 1 heterocycles. The Morgan fingerprint density at radius 3 is 1.49 bits per heavy atom. The quantitative estimate of drug-likeness (QED) is 0.174. The van der Waals surface area contributed by atoms with E-state index < -0.39 is 0 Å². The van der Waals surface area contributed by atoms with Crippen LogP contribution in [-0.2, 0) is 0 Å². The Hall–Kier alpha value is -5.92. The second-order valence-electron chi connectivity index (χ2n) is 12.4. The van der Waals surface area contributed by atoms with Crippen molar-refractivity contribution in [3.8, 4) is 27.9 Å². The van der Waals surface area contributed by atoms with Crippen LogP contribution in [0.1, 0.15) is 0 Å². The summed E-state index contributed by atoms with van der Waals surface area (Å²) < 4.78 is 2.50. The maximum atomic E-state index is 2.50. The molecule has 0 amide bonds. The molecule has 0 atom stereocenters. The third-order valence-electron chi connectivity index (χ3n) is 10.3. The smallest absolute Gasteiger partial charge is 0.0547 e. The third kappa shape index (κ3) is 2.89. The predicted octanol–water partition coefficient (Wildman–Crippen LogP) is 12.2. The van der Waals surface area contributed by atoms with Crippen LogP contribution >= 0.6 is 0 Å². The molecule has 0 bridgehead atoms. The molecule has 1 aliphatic carbocycles. The van der Waals surface area contributed by atoms with Gasteiger partial charge in [-0.05, 0) is 88.9 Å². The third-order valence-corrected chi connectivity index (χ3v) is 10.3. The summed E-state index contributed by atoms with van der Waals surface area (Å²) in [6, 6.07) is 56.4. The van der Waals surface area contributed by atoms with Crippen LogP contribution in [0.2, 0.25) is 0 Å². The Balaban J connectivity index is 1.30. The standard InChI is InChI=1S/C44H25N/c1-2-12-28-26(10-1)27-11-5-6-15-31(27)42-33(28)20-21-36-35(42)23-25-41-44(36)38-16-7-8-19-39(38)45(41)40-24-22-34-30-14-4-3-13-29(30)32-17-9-18-37(40)43(32)34/h1-25H. The maximum Gasteiger partial charge on any atom is 0.0547 e. The SMILES string of the molecule is c1ccc2c(c1)-c1cccc3c(-n4c5ccccc5c5c6ccc7c8ccccc8c8ccccc8c7c6ccc54)ccc-2c13. The number of rotatable bonds is 1. The van der Waals surface area contributed by atoms with E-state index in [-0.39, 0.29) is 0 Å². The minimum absolute atomic E-state index is 1.23. The topological polar surface area (TPSA) is 4.93 Å². The van der Waals surface area contributed by atoms with E-state index in [2.05, 4.69) is 156 Å². The lowest BCUT2D eigenvalue weighted by molar-refractivity contribution is 1.20. The lowest BCUT2D eigenvalue weighted by atomic mass is 9.90. The highest BCUT2D eigenvalue weighted by Crippen LogP contribution is 2.50. The lowest BCUT2D eigenvalue weighted by Crippen LogP contribution is -1.96. The first kappa shape index (κ1) is 23.5. The van der Waals surface area contributed by atoms with Crippen molar-refractivity contribution in [1.29, 1.82) is 0 Å². The van der Waals surface area contributed by atoms with Gasteiger partial charge >= 0.3 is 0 Å². The van der Waals surface area contributed by atoms with Gasteiger partial charge in [0.2, 0.25) is 0 Å². The minimum Gasteiger partial charge on any atom is -0.309 e. The first-order valence-electron chi connectivity index (χ1n) is 15.7. The van der Waals surface area contributed by atoms with E-state index in [1.807, 2.05) is 0 Å². The Morgan fingerprint density at radius 1 is 0.244 bits per heavy atom. The minimum atomic E-state index is 1.23. The molecule has 1 aromatic heterocycles. The highest BCUT2D eigenvalue weighted by atomic mass is 15.0. The van der Waals surface area contributed by atoms with Crippen molar-refractivity contribution in [2.75, 3.05) is 0 Å². The zero-order valence-electron chi connectivity index (χ0n) is 24.4. The molecule has 0 saturated carbocycles. The summed E-state index contributed by atoms with van der Waals surface area (Å²) in [5.74, 6) is 0. The van der Waals surface area contributed by atoms with Gasteiger partial charge in [-0.1, -0.05) is 133 Å². The fourth-order valence-electron chi connectivity index (χ4n) is 8.52. The fourth-order valence-corrected chi connectivity index (χ4v) is 8.52. The molecule has 1 heteroatoms. The second kappa shape index (κ2) is 8.37. The van der Waals surface area contributed by atoms with E-state index in [4.69, 9.17) is 0 Å². The Morgan fingerprint density at radius 2 is 0.733 bits per heavy atom. The summed E-state index contributed by atoms with van der Waals surface area (Å²) in [5, 5.41) is 15.7. The molecule has 0 saturated heterocycles. The largest absolute Gasteiger partial charge is 0.309 e. The summed E-state index contributed by atoms with van der Waals surface area (Å²) in [7, 11) is 0. The van der Waals surface area contributed by atoms with Crippen molar-refractivity contribution < 1.29 is 0 Å². The van der Waals surface area contributed by atoms with Gasteiger partial charge in [-0.25, -0.2) is 0 Å². The summed E-state index contributed by atoms with van der Waals surface area (Å²) >= 11 is 0. The number of nitrogens with zero attached hydrogens (tertiary/aromatic N) is 1. The number of fused-ring (bicyclic) bond motifs is 15. The van der Waals surface area contributed by atoms with E-state index >= 15 is 0 Å². The Labute approximate surface area is 259 Å². The van der Waals surface area contributed by atoms with Gasteiger partial charge in [0.05, 0.1) is 16.7 Å². The van der Waals surface area contributed by atoms with Crippen LogP contribution in [0, 0.1) is 0 Å². The molecule has 45 heavy (non-hydrogen) atoms. The number of benzene rings is 9. The van der Waals surface area contributed by atoms with Crippen LogP contribution in [-0.4, -0.2) is 4.57 Å². The van der Waals surface area contributed by atoms with Gasteiger partial charge in [-0.3, -0.25) is 0 Å². The normalized spacial score (nSPS) is 12.4. The molecular weight excluding hydrogens is 542 g/mol. The molecule has 1 aliphatic rings. The molecule has 0 aliphatic heterocycles. The van der Waals surface area contributed by atoms with Gasteiger partial charge < -0.3 is 4.57 Å². The van der Waals surface area contributed by atoms with Gasteiger partial charge in [0.25, 0.3) is 0 Å². The first-order valence-corrected chi connectivity index (χ1v) is 15.7. The molecule has 9 aromatic carbocycles. The highest BCUT2D eigenvalue weighted by Gasteiger charge is 2.24. The van der Waals surface area contributed by atoms with Crippen LogP contribution in [0.4, 0.5) is 0 Å². The van der Waals surface area contributed by atoms with Crippen LogP contribution < -0.4 is 0 Å². The molecule has 0 fully saturated rings. The monoisotopic (exact) mass is 567 g/mol. The van der Waals surface area contributed by atoms with Gasteiger partial charge in [0.1, 0.15) is 0 Å². The molecule has 0 unspecified atom stereocenters. The molecule has 0 spiro atoms. The molecule has 1 nitrogen and oxygen atoms in total. The van der Waals surface area contributed by atoms with E-state index in [0.29, 0.717) is 0 Å². The number of para-hydroxylation sites is 1. The lowest BCUT2D eigenvalue weighted by Gasteiger charge is -2.15. The van der Waals surface area contributed by atoms with Crippen LogP contribution in [0.15, 0.2) is 152 Å². The molecule has 11 rings (SSSR count). The Bertz CT molecular complexity index is 2860. The first-order chi connectivity index (χ1) is 22.4. The number of aromatic nitrogens is 1. The van der Waals surface area contributed by atoms with E-state index in [1.165, 1.54) is 104 Å². The van der Waals surface area contributed by atoms with Gasteiger partial charge in [0, 0.05) is 16.2 Å². The van der Waals surface area contributed by atoms with Gasteiger partial charge in [-0.2, -0.15) is 0 Å². The summed E-state index contributed by atoms with van der Waals surface area (Å²) in [6.07, 6.45) is 0. The van der Waals surface area contributed by atoms with Crippen molar-refractivity contribution in [2.24, 2.45) is 0 Å². The zero-order chi connectivity index (χ0) is 29.2. The summed E-state index contributed by atoms with van der Waals surface area (Å²) in [6.45, 7) is 0. The van der Waals surface area contributed by atoms with Crippen LogP contribution in [0.25, 0.3) is 104 Å². The van der Waals surface area contributed by atoms with Crippen molar-refractivity contribution in [2.45, 2.75) is 0 Å². The van der Waals surface area contributed by atoms with Crippen LogP contribution in [0.3, 0.4) is 0 Å². The number of hydrogen-bond donors (Lipinski definition) is 0. The van der Waals surface area contributed by atoms with Gasteiger partial charge in [-0.15, -0.1) is 0 Å². The molecule has 206 valence electrons. The molecule has 10 aromatic rings. The second-order valence-corrected chi connectivity index (χ2v) is 12.4. The Kier molecular flexibility index (Phi) is 4.38. The van der Waals surface area contributed by atoms with E-state index in [1.54, 1.807) is 0 Å². The summed E-state index contributed by atoms with van der Waals surface area (Å²) in [5.41, 5.74) is 9.02. The van der Waals surface area contributed by atoms with Crippen LogP contribution in [0.5, 0.6) is 0 Å². The van der Waals surface area contributed by atoms with E-state index in [9.17, 15) is 0 Å². The van der Waals surface area contributed by atoms with Crippen molar-refractivity contribution in [1.82, 2.24) is 4.57 Å². The van der Waals surface area contributed by atoms with Crippen molar-refractivity contribution >= 4 is 75.7 Å². The molecule has 0 N–H and O–H groups in total. The fraction of sp³-hybridized carbons (Fsp3) is 0. The molecular formula is C44H25N. The highest BCUT2D eigenvalue weighted by molar-refractivity contribution is 6.35. The van der Waals surface area contributed by atoms with Crippen molar-refractivity contribution in [3.63, 3.8) is 0 Å². The summed E-state index contributed by atoms with van der Waals surface area (Å²) in [4.78, 5) is 0. The maximum absolute atomic E-state index is 2.50. The number of hydrogen-bond acceptors (Lipinski definition) is 0. The molecule has 0 radical (unpaired) electrons. The average Bonchev–Trinajstić information content (AvgIpc) is 3.62.